The van der Waals surface area contributed by atoms with Gasteiger partial charge in [-0.2, -0.15) is 0 Å². The van der Waals surface area contributed by atoms with E-state index in [0.29, 0.717) is 5.92 Å². The summed E-state index contributed by atoms with van der Waals surface area (Å²) in [5.74, 6) is 0.501. The molecule has 1 aliphatic carbocycles. The lowest BCUT2D eigenvalue weighted by atomic mass is 9.71. The minimum Gasteiger partial charge on any atom is -0.313 e. The Morgan fingerprint density at radius 2 is 1.79 bits per heavy atom. The molecule has 114 valence electrons. The lowest BCUT2D eigenvalue weighted by molar-refractivity contribution is 0.162. The molecule has 0 amide bonds. The molecule has 1 N–H and O–H groups in total. The molecular weight excluding hydrogens is 258 g/mol. The van der Waals surface area contributed by atoms with Crippen LogP contribution < -0.4 is 5.32 Å². The minimum atomic E-state index is -3.03. The highest BCUT2D eigenvalue weighted by molar-refractivity contribution is 7.92. The Kier molecular flexibility index (Phi) is 5.47. The molecule has 0 radical (unpaired) electrons. The smallest absolute Gasteiger partial charge is 0.157 e. The molecule has 3 nitrogen and oxygen atoms in total. The van der Waals surface area contributed by atoms with E-state index in [9.17, 15) is 8.42 Å². The van der Waals surface area contributed by atoms with Crippen LogP contribution in [0, 0.1) is 11.3 Å². The van der Waals surface area contributed by atoms with Crippen LogP contribution in [0.3, 0.4) is 0 Å². The molecule has 1 aliphatic rings. The molecule has 19 heavy (non-hydrogen) atoms. The Hall–Kier alpha value is -0.0900. The third kappa shape index (κ3) is 3.94. The molecule has 3 unspecified atom stereocenters. The van der Waals surface area contributed by atoms with Crippen LogP contribution in [0.15, 0.2) is 0 Å². The molecule has 4 heteroatoms. The maximum absolute atomic E-state index is 12.6. The summed E-state index contributed by atoms with van der Waals surface area (Å²) >= 11 is 0. The quantitative estimate of drug-likeness (QED) is 0.865. The first kappa shape index (κ1) is 17.0. The standard InChI is InChI=1S/C15H31NO2S/c1-7-16-13-9-8-12(15(4,5)6)10-14(13)19(17,18)11(2)3/h11-14,16H,7-10H2,1-6H3. The normalized spacial score (nSPS) is 29.7. The van der Waals surface area contributed by atoms with Gasteiger partial charge in [-0.3, -0.25) is 0 Å². The molecule has 1 fully saturated rings. The van der Waals surface area contributed by atoms with Crippen LogP contribution in [-0.4, -0.2) is 31.5 Å². The largest absolute Gasteiger partial charge is 0.313 e. The summed E-state index contributed by atoms with van der Waals surface area (Å²) in [7, 11) is -3.03. The summed E-state index contributed by atoms with van der Waals surface area (Å²) in [6.07, 6.45) is 2.92. The third-order valence-corrected chi connectivity index (χ3v) is 7.24. The average Bonchev–Trinajstić information content (AvgIpc) is 2.28. The van der Waals surface area contributed by atoms with Gasteiger partial charge in [0.2, 0.25) is 0 Å². The molecule has 1 rings (SSSR count). The monoisotopic (exact) mass is 289 g/mol. The lowest BCUT2D eigenvalue weighted by Crippen LogP contribution is -2.51. The highest BCUT2D eigenvalue weighted by atomic mass is 32.2. The van der Waals surface area contributed by atoms with E-state index in [1.807, 2.05) is 0 Å². The van der Waals surface area contributed by atoms with E-state index >= 15 is 0 Å². The number of sulfone groups is 1. The fraction of sp³-hybridized carbons (Fsp3) is 1.00. The summed E-state index contributed by atoms with van der Waals surface area (Å²) in [5.41, 5.74) is 0.196. The molecular formula is C15H31NO2S. The fourth-order valence-electron chi connectivity index (χ4n) is 3.12. The van der Waals surface area contributed by atoms with Crippen LogP contribution in [0.2, 0.25) is 0 Å². The Balaban J connectivity index is 2.98. The zero-order valence-electron chi connectivity index (χ0n) is 13.4. The van der Waals surface area contributed by atoms with Crippen molar-refractivity contribution in [1.82, 2.24) is 5.32 Å². The van der Waals surface area contributed by atoms with Crippen LogP contribution in [0.5, 0.6) is 0 Å². The lowest BCUT2D eigenvalue weighted by Gasteiger charge is -2.42. The van der Waals surface area contributed by atoms with Gasteiger partial charge in [0.05, 0.1) is 10.5 Å². The van der Waals surface area contributed by atoms with Crippen LogP contribution >= 0.6 is 0 Å². The first-order valence-electron chi connectivity index (χ1n) is 7.56. The van der Waals surface area contributed by atoms with Crippen LogP contribution in [-0.2, 0) is 9.84 Å². The van der Waals surface area contributed by atoms with Gasteiger partial charge >= 0.3 is 0 Å². The molecule has 0 aromatic carbocycles. The summed E-state index contributed by atoms with van der Waals surface area (Å²) in [6.45, 7) is 13.2. The van der Waals surface area contributed by atoms with Gasteiger partial charge in [-0.15, -0.1) is 0 Å². The van der Waals surface area contributed by atoms with Gasteiger partial charge in [-0.05, 0) is 51.0 Å². The van der Waals surface area contributed by atoms with E-state index in [-0.39, 0.29) is 22.0 Å². The van der Waals surface area contributed by atoms with E-state index in [1.54, 1.807) is 13.8 Å². The highest BCUT2D eigenvalue weighted by Crippen LogP contribution is 2.40. The average molecular weight is 289 g/mol. The number of rotatable bonds is 4. The van der Waals surface area contributed by atoms with Crippen molar-refractivity contribution < 1.29 is 8.42 Å². The highest BCUT2D eigenvalue weighted by Gasteiger charge is 2.42. The molecule has 0 aromatic rings. The second-order valence-electron chi connectivity index (χ2n) is 7.22. The van der Waals surface area contributed by atoms with Gasteiger partial charge < -0.3 is 5.32 Å². The summed E-state index contributed by atoms with van der Waals surface area (Å²) in [6, 6.07) is 0.135. The van der Waals surface area contributed by atoms with Gasteiger partial charge in [-0.1, -0.05) is 27.7 Å². The van der Waals surface area contributed by atoms with Crippen LogP contribution in [0.1, 0.15) is 60.8 Å². The van der Waals surface area contributed by atoms with Crippen LogP contribution in [0.4, 0.5) is 0 Å². The number of nitrogens with one attached hydrogen (secondary N) is 1. The second-order valence-corrected chi connectivity index (χ2v) is 9.94. The maximum atomic E-state index is 12.6. The molecule has 0 aromatic heterocycles. The van der Waals surface area contributed by atoms with Crippen molar-refractivity contribution in [2.24, 2.45) is 11.3 Å². The van der Waals surface area contributed by atoms with E-state index in [2.05, 4.69) is 33.0 Å². The predicted octanol–water partition coefficient (Wildman–Crippen LogP) is 3.00. The molecule has 0 saturated heterocycles. The van der Waals surface area contributed by atoms with E-state index in [1.165, 1.54) is 0 Å². The van der Waals surface area contributed by atoms with Crippen molar-refractivity contribution in [1.29, 1.82) is 0 Å². The van der Waals surface area contributed by atoms with Crippen molar-refractivity contribution >= 4 is 9.84 Å². The summed E-state index contributed by atoms with van der Waals surface area (Å²) < 4.78 is 25.2. The van der Waals surface area contributed by atoms with Crippen molar-refractivity contribution in [3.63, 3.8) is 0 Å². The Labute approximate surface area is 119 Å². The Morgan fingerprint density at radius 1 is 1.21 bits per heavy atom. The third-order valence-electron chi connectivity index (χ3n) is 4.56. The van der Waals surface area contributed by atoms with E-state index in [0.717, 1.165) is 25.8 Å². The molecule has 0 aliphatic heterocycles. The number of hydrogen-bond donors (Lipinski definition) is 1. The minimum absolute atomic E-state index is 0.135. The van der Waals surface area contributed by atoms with Crippen LogP contribution in [0.25, 0.3) is 0 Å². The van der Waals surface area contributed by atoms with Gasteiger partial charge in [-0.25, -0.2) is 8.42 Å². The molecule has 0 spiro atoms. The van der Waals surface area contributed by atoms with Crippen molar-refractivity contribution in [3.05, 3.63) is 0 Å². The fourth-order valence-corrected chi connectivity index (χ4v) is 5.01. The predicted molar refractivity (Wildman–Crippen MR) is 82.1 cm³/mol. The summed E-state index contributed by atoms with van der Waals surface area (Å²) in [5, 5.41) is 2.89. The molecule has 3 atom stereocenters. The zero-order valence-corrected chi connectivity index (χ0v) is 14.2. The topological polar surface area (TPSA) is 46.2 Å². The first-order valence-corrected chi connectivity index (χ1v) is 9.17. The van der Waals surface area contributed by atoms with Gasteiger partial charge in [0.15, 0.2) is 9.84 Å². The maximum Gasteiger partial charge on any atom is 0.157 e. The second kappa shape index (κ2) is 6.13. The molecule has 1 saturated carbocycles. The van der Waals surface area contributed by atoms with E-state index in [4.69, 9.17) is 0 Å². The first-order chi connectivity index (χ1) is 8.60. The van der Waals surface area contributed by atoms with Gasteiger partial charge in [0.25, 0.3) is 0 Å². The molecule has 0 bridgehead atoms. The SMILES string of the molecule is CCNC1CCC(C(C)(C)C)CC1S(=O)(=O)C(C)C. The zero-order chi connectivity index (χ0) is 14.8. The van der Waals surface area contributed by atoms with Crippen molar-refractivity contribution in [2.45, 2.75) is 77.3 Å². The van der Waals surface area contributed by atoms with Gasteiger partial charge in [0, 0.05) is 6.04 Å². The summed E-state index contributed by atoms with van der Waals surface area (Å²) in [4.78, 5) is 0. The Morgan fingerprint density at radius 3 is 2.21 bits per heavy atom. The van der Waals surface area contributed by atoms with Crippen molar-refractivity contribution in [2.75, 3.05) is 6.54 Å². The van der Waals surface area contributed by atoms with Gasteiger partial charge in [0.1, 0.15) is 0 Å². The number of hydrogen-bond acceptors (Lipinski definition) is 3. The van der Waals surface area contributed by atoms with E-state index < -0.39 is 9.84 Å². The molecule has 0 heterocycles. The van der Waals surface area contributed by atoms with Crippen molar-refractivity contribution in [3.8, 4) is 0 Å². The Bertz CT molecular complexity index is 381.